The Morgan fingerprint density at radius 1 is 0.253 bits per heavy atom. The van der Waals surface area contributed by atoms with Crippen LogP contribution in [0, 0.1) is 0 Å². The van der Waals surface area contributed by atoms with Crippen molar-refractivity contribution < 1.29 is 28.6 Å². The van der Waals surface area contributed by atoms with Gasteiger partial charge in [0.25, 0.3) is 0 Å². The Morgan fingerprint density at radius 3 is 0.759 bits per heavy atom. The van der Waals surface area contributed by atoms with Crippen molar-refractivity contribution in [2.45, 2.75) is 245 Å². The normalized spacial score (nSPS) is 13.4. The summed E-state index contributed by atoms with van der Waals surface area (Å²) in [4.78, 5) is 38.3. The maximum Gasteiger partial charge on any atom is 0.306 e. The number of rotatable bonds is 54. The van der Waals surface area contributed by atoms with E-state index in [1.165, 1.54) is 32.1 Å². The Balaban J connectivity index is 4.51. The summed E-state index contributed by atoms with van der Waals surface area (Å²) < 4.78 is 16.8. The molecule has 0 aliphatic heterocycles. The monoisotopic (exact) mass is 1080 g/mol. The molecule has 0 aromatic heterocycles. The van der Waals surface area contributed by atoms with Gasteiger partial charge in [-0.05, 0) is 141 Å². The van der Waals surface area contributed by atoms with Crippen LogP contribution in [0.25, 0.3) is 0 Å². The van der Waals surface area contributed by atoms with E-state index in [4.69, 9.17) is 14.2 Å². The first-order valence-electron chi connectivity index (χ1n) is 31.3. The standard InChI is InChI=1S/C73H112O6/c1-4-7-10-13-16-19-22-25-28-30-32-33-34-35-36-37-38-39-41-42-45-48-51-54-57-60-63-66-72(75)78-69-70(68-77-71(74)65-62-59-56-53-50-47-44-27-24-21-18-15-12-9-6-3)79-73(76)67-64-61-58-55-52-49-46-43-40-31-29-26-23-20-17-14-11-8-5-2/h7-12,16-21,25-29,32-33,35-36,38-40,43-44,49,52,58,61,70H,4-6,13-15,22-24,30-31,34,37,41-42,45-48,50-51,53-57,59-60,62-69H2,1-3H3/b10-7-,11-8-,12-9-,19-16-,20-17-,21-18-,28-25-,29-26-,33-32-,36-35-,39-38-,43-40-,44-27-,52-49-,61-58-. The maximum atomic E-state index is 12.9. The minimum Gasteiger partial charge on any atom is -0.462 e. The molecule has 0 aromatic rings. The van der Waals surface area contributed by atoms with Gasteiger partial charge in [-0.3, -0.25) is 14.4 Å². The van der Waals surface area contributed by atoms with Crippen LogP contribution in [0.5, 0.6) is 0 Å². The molecule has 6 nitrogen and oxygen atoms in total. The second kappa shape index (κ2) is 65.0. The zero-order valence-corrected chi connectivity index (χ0v) is 50.3. The smallest absolute Gasteiger partial charge is 0.306 e. The molecule has 0 spiro atoms. The third-order valence-corrected chi connectivity index (χ3v) is 12.4. The van der Waals surface area contributed by atoms with Crippen LogP contribution in [0.3, 0.4) is 0 Å². The van der Waals surface area contributed by atoms with Gasteiger partial charge in [0.15, 0.2) is 6.10 Å². The highest BCUT2D eigenvalue weighted by molar-refractivity contribution is 5.71. The fourth-order valence-corrected chi connectivity index (χ4v) is 7.84. The minimum absolute atomic E-state index is 0.128. The van der Waals surface area contributed by atoms with E-state index >= 15 is 0 Å². The van der Waals surface area contributed by atoms with Crippen molar-refractivity contribution in [1.82, 2.24) is 0 Å². The molecule has 0 saturated carbocycles. The van der Waals surface area contributed by atoms with Crippen molar-refractivity contribution in [3.8, 4) is 0 Å². The molecule has 0 saturated heterocycles. The Labute approximate surface area is 484 Å². The van der Waals surface area contributed by atoms with E-state index in [9.17, 15) is 14.4 Å². The first-order chi connectivity index (χ1) is 39.0. The fourth-order valence-electron chi connectivity index (χ4n) is 7.84. The van der Waals surface area contributed by atoms with Gasteiger partial charge in [-0.1, -0.05) is 261 Å². The largest absolute Gasteiger partial charge is 0.462 e. The first kappa shape index (κ1) is 73.5. The molecule has 0 heterocycles. The Bertz CT molecular complexity index is 1870. The molecule has 79 heavy (non-hydrogen) atoms. The Morgan fingerprint density at radius 2 is 0.481 bits per heavy atom. The predicted octanol–water partition coefficient (Wildman–Crippen LogP) is 21.7. The molecule has 0 N–H and O–H groups in total. The van der Waals surface area contributed by atoms with Crippen LogP contribution in [0.4, 0.5) is 0 Å². The van der Waals surface area contributed by atoms with E-state index in [1.807, 2.05) is 12.2 Å². The molecule has 0 radical (unpaired) electrons. The second-order valence-corrected chi connectivity index (χ2v) is 19.8. The summed E-state index contributed by atoms with van der Waals surface area (Å²) >= 11 is 0. The number of unbranched alkanes of at least 4 members (excludes halogenated alkanes) is 13. The molecule has 1 atom stereocenters. The molecule has 1 unspecified atom stereocenters. The topological polar surface area (TPSA) is 78.9 Å². The summed E-state index contributed by atoms with van der Waals surface area (Å²) in [7, 11) is 0. The molecule has 6 heteroatoms. The van der Waals surface area contributed by atoms with Crippen LogP contribution >= 0.6 is 0 Å². The number of esters is 3. The van der Waals surface area contributed by atoms with Gasteiger partial charge in [0, 0.05) is 19.3 Å². The van der Waals surface area contributed by atoms with E-state index in [1.54, 1.807) is 0 Å². The highest BCUT2D eigenvalue weighted by Gasteiger charge is 2.19. The van der Waals surface area contributed by atoms with Gasteiger partial charge in [0.1, 0.15) is 13.2 Å². The van der Waals surface area contributed by atoms with Crippen molar-refractivity contribution >= 4 is 17.9 Å². The summed E-state index contributed by atoms with van der Waals surface area (Å²) in [5.41, 5.74) is 0. The molecule has 0 fully saturated rings. The third kappa shape index (κ3) is 63.2. The van der Waals surface area contributed by atoms with Crippen molar-refractivity contribution in [2.24, 2.45) is 0 Å². The average Bonchev–Trinajstić information content (AvgIpc) is 3.45. The highest BCUT2D eigenvalue weighted by atomic mass is 16.6. The molecule has 440 valence electrons. The highest BCUT2D eigenvalue weighted by Crippen LogP contribution is 2.13. The number of hydrogen-bond donors (Lipinski definition) is 0. The van der Waals surface area contributed by atoms with E-state index in [0.29, 0.717) is 19.3 Å². The lowest BCUT2D eigenvalue weighted by Crippen LogP contribution is -2.30. The van der Waals surface area contributed by atoms with Crippen LogP contribution in [0.2, 0.25) is 0 Å². The lowest BCUT2D eigenvalue weighted by atomic mass is 10.1. The Kier molecular flexibility index (Phi) is 60.5. The van der Waals surface area contributed by atoms with E-state index in [0.717, 1.165) is 161 Å². The molecule has 0 amide bonds. The summed E-state index contributed by atoms with van der Waals surface area (Å²) in [6, 6.07) is 0. The molecule has 0 rings (SSSR count). The van der Waals surface area contributed by atoms with Crippen molar-refractivity contribution in [3.05, 3.63) is 182 Å². The molecule has 0 aliphatic carbocycles. The van der Waals surface area contributed by atoms with Crippen LogP contribution < -0.4 is 0 Å². The predicted molar refractivity (Wildman–Crippen MR) is 343 cm³/mol. The number of carbonyl (C=O) groups excluding carboxylic acids is 3. The quantitative estimate of drug-likeness (QED) is 0.0261. The zero-order valence-electron chi connectivity index (χ0n) is 50.3. The second-order valence-electron chi connectivity index (χ2n) is 19.8. The third-order valence-electron chi connectivity index (χ3n) is 12.4. The molecule has 0 aromatic carbocycles. The maximum absolute atomic E-state index is 12.9. The molecule has 0 bridgehead atoms. The van der Waals surface area contributed by atoms with E-state index in [-0.39, 0.29) is 31.6 Å². The zero-order chi connectivity index (χ0) is 57.1. The number of ether oxygens (including phenoxy) is 3. The van der Waals surface area contributed by atoms with Gasteiger partial charge in [-0.15, -0.1) is 0 Å². The molecular weight excluding hydrogens is 973 g/mol. The van der Waals surface area contributed by atoms with Crippen molar-refractivity contribution in [2.75, 3.05) is 13.2 Å². The molecular formula is C73H112O6. The Hall–Kier alpha value is -5.49. The summed E-state index contributed by atoms with van der Waals surface area (Å²) in [6.45, 7) is 6.20. The summed E-state index contributed by atoms with van der Waals surface area (Å²) in [6.07, 6.45) is 97.6. The number of carbonyl (C=O) groups is 3. The van der Waals surface area contributed by atoms with Gasteiger partial charge in [-0.25, -0.2) is 0 Å². The number of allylic oxidation sites excluding steroid dienone is 30. The lowest BCUT2D eigenvalue weighted by Gasteiger charge is -2.18. The SMILES string of the molecule is CC/C=C\C/C=C\C/C=C\C/C=C\C/C=C\C/C=C\CCCCCCCCCCC(=O)OCC(COC(=O)CCCCCCC/C=C\C/C=C\C/C=C\CC)OC(=O)CC/C=C\C/C=C\C/C=C\C/C=C\C/C=C\C/C=C\CC. The van der Waals surface area contributed by atoms with E-state index < -0.39 is 12.1 Å². The van der Waals surface area contributed by atoms with Gasteiger partial charge in [0.05, 0.1) is 0 Å². The lowest BCUT2D eigenvalue weighted by molar-refractivity contribution is -0.166. The van der Waals surface area contributed by atoms with Gasteiger partial charge in [-0.2, -0.15) is 0 Å². The number of hydrogen-bond acceptors (Lipinski definition) is 6. The summed E-state index contributed by atoms with van der Waals surface area (Å²) in [5.74, 6) is -1.05. The van der Waals surface area contributed by atoms with Crippen molar-refractivity contribution in [1.29, 1.82) is 0 Å². The fraction of sp³-hybridized carbons (Fsp3) is 0.548. The minimum atomic E-state index is -0.841. The van der Waals surface area contributed by atoms with Crippen LogP contribution in [0.15, 0.2) is 182 Å². The van der Waals surface area contributed by atoms with Gasteiger partial charge < -0.3 is 14.2 Å². The average molecular weight is 1090 g/mol. The molecule has 0 aliphatic rings. The van der Waals surface area contributed by atoms with Crippen LogP contribution in [0.1, 0.15) is 239 Å². The van der Waals surface area contributed by atoms with Gasteiger partial charge in [0.2, 0.25) is 0 Å². The van der Waals surface area contributed by atoms with Crippen LogP contribution in [-0.4, -0.2) is 37.2 Å². The van der Waals surface area contributed by atoms with Crippen molar-refractivity contribution in [3.63, 3.8) is 0 Å². The summed E-state index contributed by atoms with van der Waals surface area (Å²) in [5, 5.41) is 0. The van der Waals surface area contributed by atoms with Gasteiger partial charge >= 0.3 is 17.9 Å². The first-order valence-corrected chi connectivity index (χ1v) is 31.3. The van der Waals surface area contributed by atoms with E-state index in [2.05, 4.69) is 191 Å². The van der Waals surface area contributed by atoms with Crippen LogP contribution in [-0.2, 0) is 28.6 Å².